The number of para-hydroxylation sites is 1. The first-order valence-electron chi connectivity index (χ1n) is 9.50. The molecule has 1 unspecified atom stereocenters. The van der Waals surface area contributed by atoms with E-state index in [1.165, 1.54) is 12.1 Å². The van der Waals surface area contributed by atoms with Crippen LogP contribution in [0.4, 0.5) is 13.2 Å². The van der Waals surface area contributed by atoms with Gasteiger partial charge in [-0.25, -0.2) is 0 Å². The number of fused-ring (bicyclic) bond motifs is 1. The van der Waals surface area contributed by atoms with Crippen molar-refractivity contribution in [2.75, 3.05) is 26.2 Å². The van der Waals surface area contributed by atoms with Gasteiger partial charge in [-0.3, -0.25) is 9.88 Å². The van der Waals surface area contributed by atoms with Crippen LogP contribution >= 0.6 is 0 Å². The molecule has 1 aromatic heterocycles. The van der Waals surface area contributed by atoms with Gasteiger partial charge in [-0.15, -0.1) is 0 Å². The lowest BCUT2D eigenvalue weighted by atomic mass is 9.98. The molecule has 1 aliphatic rings. The first-order chi connectivity index (χ1) is 13.5. The molecule has 1 N–H and O–H groups in total. The predicted molar refractivity (Wildman–Crippen MR) is 104 cm³/mol. The predicted octanol–water partition coefficient (Wildman–Crippen LogP) is 4.64. The van der Waals surface area contributed by atoms with Crippen LogP contribution in [0.15, 0.2) is 60.7 Å². The van der Waals surface area contributed by atoms with E-state index in [0.29, 0.717) is 0 Å². The van der Waals surface area contributed by atoms with Crippen LogP contribution in [0.3, 0.4) is 0 Å². The maximum atomic E-state index is 13.0. The van der Waals surface area contributed by atoms with Crippen molar-refractivity contribution in [1.29, 1.82) is 0 Å². The SMILES string of the molecule is FC(F)(F)c1ccc(C(c2ccc3ccccc3n2)N2CCCNCC2)cc1. The molecule has 1 atom stereocenters. The van der Waals surface area contributed by atoms with E-state index in [2.05, 4.69) is 10.2 Å². The van der Waals surface area contributed by atoms with E-state index >= 15 is 0 Å². The number of halogens is 3. The lowest BCUT2D eigenvalue weighted by Gasteiger charge is -2.31. The maximum Gasteiger partial charge on any atom is 0.416 e. The van der Waals surface area contributed by atoms with E-state index in [4.69, 9.17) is 4.98 Å². The fourth-order valence-electron chi connectivity index (χ4n) is 3.78. The summed E-state index contributed by atoms with van der Waals surface area (Å²) < 4.78 is 39.0. The highest BCUT2D eigenvalue weighted by molar-refractivity contribution is 5.78. The van der Waals surface area contributed by atoms with Crippen LogP contribution in [0.2, 0.25) is 0 Å². The van der Waals surface area contributed by atoms with Crippen molar-refractivity contribution >= 4 is 10.9 Å². The zero-order chi connectivity index (χ0) is 19.6. The molecule has 0 bridgehead atoms. The zero-order valence-corrected chi connectivity index (χ0v) is 15.4. The summed E-state index contributed by atoms with van der Waals surface area (Å²) in [5.41, 5.74) is 1.96. The number of hydrogen-bond acceptors (Lipinski definition) is 3. The monoisotopic (exact) mass is 385 g/mol. The molecule has 2 aromatic carbocycles. The Morgan fingerprint density at radius 1 is 0.893 bits per heavy atom. The molecule has 0 saturated carbocycles. The summed E-state index contributed by atoms with van der Waals surface area (Å²) in [4.78, 5) is 7.15. The first-order valence-corrected chi connectivity index (χ1v) is 9.50. The van der Waals surface area contributed by atoms with Gasteiger partial charge in [0, 0.05) is 25.0 Å². The van der Waals surface area contributed by atoms with Crippen molar-refractivity contribution in [3.63, 3.8) is 0 Å². The molecule has 3 aromatic rings. The van der Waals surface area contributed by atoms with Crippen LogP contribution < -0.4 is 5.32 Å². The molecule has 3 nitrogen and oxygen atoms in total. The fraction of sp³-hybridized carbons (Fsp3) is 0.318. The Bertz CT molecular complexity index is 930. The van der Waals surface area contributed by atoms with E-state index < -0.39 is 11.7 Å². The van der Waals surface area contributed by atoms with Gasteiger partial charge in [-0.05, 0) is 42.8 Å². The lowest BCUT2D eigenvalue weighted by Crippen LogP contribution is -2.33. The fourth-order valence-corrected chi connectivity index (χ4v) is 3.78. The highest BCUT2D eigenvalue weighted by Crippen LogP contribution is 2.33. The smallest absolute Gasteiger partial charge is 0.315 e. The van der Waals surface area contributed by atoms with Gasteiger partial charge < -0.3 is 5.32 Å². The Morgan fingerprint density at radius 2 is 1.68 bits per heavy atom. The molecule has 28 heavy (non-hydrogen) atoms. The van der Waals surface area contributed by atoms with Crippen molar-refractivity contribution in [3.05, 3.63) is 77.5 Å². The summed E-state index contributed by atoms with van der Waals surface area (Å²) in [6, 6.07) is 17.2. The Morgan fingerprint density at radius 3 is 2.46 bits per heavy atom. The first kappa shape index (κ1) is 18.9. The second kappa shape index (κ2) is 7.89. The average molecular weight is 385 g/mol. The third-order valence-corrected chi connectivity index (χ3v) is 5.19. The van der Waals surface area contributed by atoms with Crippen LogP contribution in [0.25, 0.3) is 10.9 Å². The number of nitrogens with zero attached hydrogens (tertiary/aromatic N) is 2. The minimum absolute atomic E-state index is 0.174. The molecule has 146 valence electrons. The summed E-state index contributed by atoms with van der Waals surface area (Å²) in [7, 11) is 0. The number of benzene rings is 2. The molecular weight excluding hydrogens is 363 g/mol. The normalized spacial score (nSPS) is 17.4. The molecule has 6 heteroatoms. The van der Waals surface area contributed by atoms with Crippen LogP contribution in [0.1, 0.15) is 29.3 Å². The van der Waals surface area contributed by atoms with Gasteiger partial charge in [0.05, 0.1) is 22.8 Å². The highest BCUT2D eigenvalue weighted by atomic mass is 19.4. The molecule has 1 fully saturated rings. The van der Waals surface area contributed by atoms with Gasteiger partial charge in [0.15, 0.2) is 0 Å². The molecule has 2 heterocycles. The zero-order valence-electron chi connectivity index (χ0n) is 15.4. The van der Waals surface area contributed by atoms with Crippen molar-refractivity contribution in [3.8, 4) is 0 Å². The maximum absolute atomic E-state index is 13.0. The van der Waals surface area contributed by atoms with Gasteiger partial charge in [-0.2, -0.15) is 13.2 Å². The third kappa shape index (κ3) is 4.03. The Labute approximate surface area is 162 Å². The third-order valence-electron chi connectivity index (χ3n) is 5.19. The second-order valence-electron chi connectivity index (χ2n) is 7.09. The Hall–Kier alpha value is -2.44. The summed E-state index contributed by atoms with van der Waals surface area (Å²) in [5.74, 6) is 0. The molecule has 0 amide bonds. The number of hydrogen-bond donors (Lipinski definition) is 1. The molecule has 1 saturated heterocycles. The molecule has 0 spiro atoms. The lowest BCUT2D eigenvalue weighted by molar-refractivity contribution is -0.137. The minimum atomic E-state index is -4.33. The number of rotatable bonds is 3. The van der Waals surface area contributed by atoms with E-state index in [9.17, 15) is 13.2 Å². The quantitative estimate of drug-likeness (QED) is 0.712. The number of nitrogens with one attached hydrogen (secondary N) is 1. The van der Waals surface area contributed by atoms with Crippen LogP contribution in [0.5, 0.6) is 0 Å². The number of aromatic nitrogens is 1. The summed E-state index contributed by atoms with van der Waals surface area (Å²) >= 11 is 0. The van der Waals surface area contributed by atoms with Gasteiger partial charge >= 0.3 is 6.18 Å². The van der Waals surface area contributed by atoms with Crippen molar-refractivity contribution in [2.24, 2.45) is 0 Å². The van der Waals surface area contributed by atoms with Crippen molar-refractivity contribution in [1.82, 2.24) is 15.2 Å². The Balaban J connectivity index is 1.76. The summed E-state index contributed by atoms with van der Waals surface area (Å²) in [6.45, 7) is 3.49. The molecule has 4 rings (SSSR count). The summed E-state index contributed by atoms with van der Waals surface area (Å²) in [6.07, 6.45) is -3.34. The average Bonchev–Trinajstić information content (AvgIpc) is 2.97. The van der Waals surface area contributed by atoms with Gasteiger partial charge in [0.1, 0.15) is 0 Å². The van der Waals surface area contributed by atoms with E-state index in [1.807, 2.05) is 36.4 Å². The van der Waals surface area contributed by atoms with Gasteiger partial charge in [-0.1, -0.05) is 36.4 Å². The topological polar surface area (TPSA) is 28.2 Å². The van der Waals surface area contributed by atoms with E-state index in [1.54, 1.807) is 12.1 Å². The van der Waals surface area contributed by atoms with Crippen LogP contribution in [-0.4, -0.2) is 36.1 Å². The summed E-state index contributed by atoms with van der Waals surface area (Å²) in [5, 5.41) is 4.43. The van der Waals surface area contributed by atoms with E-state index in [-0.39, 0.29) is 6.04 Å². The number of pyridine rings is 1. The Kier molecular flexibility index (Phi) is 5.33. The number of alkyl halides is 3. The van der Waals surface area contributed by atoms with Crippen LogP contribution in [-0.2, 0) is 6.18 Å². The van der Waals surface area contributed by atoms with Crippen molar-refractivity contribution in [2.45, 2.75) is 18.6 Å². The minimum Gasteiger partial charge on any atom is -0.315 e. The van der Waals surface area contributed by atoms with Crippen molar-refractivity contribution < 1.29 is 13.2 Å². The van der Waals surface area contributed by atoms with Crippen LogP contribution in [0, 0.1) is 0 Å². The molecule has 0 radical (unpaired) electrons. The van der Waals surface area contributed by atoms with Gasteiger partial charge in [0.2, 0.25) is 0 Å². The highest BCUT2D eigenvalue weighted by Gasteiger charge is 2.31. The molecule has 0 aliphatic carbocycles. The van der Waals surface area contributed by atoms with E-state index in [0.717, 1.165) is 54.8 Å². The second-order valence-corrected chi connectivity index (χ2v) is 7.09. The molecule has 1 aliphatic heterocycles. The largest absolute Gasteiger partial charge is 0.416 e. The molecular formula is C22H22F3N3. The standard InChI is InChI=1S/C22H22F3N3/c23-22(24,25)18-9-6-17(7-10-18)21(28-14-3-12-26-13-15-28)20-11-8-16-4-1-2-5-19(16)27-20/h1-2,4-11,21,26H,3,12-15H2. The van der Waals surface area contributed by atoms with Gasteiger partial charge in [0.25, 0.3) is 0 Å².